The van der Waals surface area contributed by atoms with Gasteiger partial charge in [-0.25, -0.2) is 0 Å². The lowest BCUT2D eigenvalue weighted by Gasteiger charge is -2.54. The molecule has 0 radical (unpaired) electrons. The van der Waals surface area contributed by atoms with Gasteiger partial charge in [0, 0.05) is 63.2 Å². The van der Waals surface area contributed by atoms with Gasteiger partial charge in [0.2, 0.25) is 0 Å². The van der Waals surface area contributed by atoms with E-state index in [0.717, 1.165) is 13.8 Å². The zero-order valence-electron chi connectivity index (χ0n) is 23.9. The molecule has 4 aliphatic carbocycles. The molecular weight excluding hydrogens is 548 g/mol. The van der Waals surface area contributed by atoms with Crippen LogP contribution in [0.4, 0.5) is 0 Å². The Bertz CT molecular complexity index is 1210. The molecule has 0 bridgehead atoms. The van der Waals surface area contributed by atoms with Crippen LogP contribution in [0.25, 0.3) is 0 Å². The Morgan fingerprint density at radius 3 is 2.08 bits per heavy atom. The Balaban J connectivity index is 2.05. The summed E-state index contributed by atoms with van der Waals surface area (Å²) in [6.45, 7) is 10.7. The summed E-state index contributed by atoms with van der Waals surface area (Å²) in [5.41, 5.74) is -8.56. The molecule has 0 aromatic heterocycles. The maximum absolute atomic E-state index is 13.6. The normalized spacial score (nSPS) is 44.6. The standard InChI is InChI=1S/C28H37ClO11/c1-12-9-18-26(35,22(12)34)10-25(39-16(5)32,11-37-14(3)30)21(29)19-20-24(7,8)28(20,40-17(6)33)23(38-15(4)31)13(2)27(18,19)36/h9,13,18-21,23,35-36H,10-11H2,1-8H3/t13-,18-,19-,20-,21+,23-,25-,26-,27+,28-/m1/s1. The Kier molecular flexibility index (Phi) is 7.05. The topological polar surface area (TPSA) is 163 Å². The van der Waals surface area contributed by atoms with E-state index < -0.39 is 106 Å². The Morgan fingerprint density at radius 1 is 1.00 bits per heavy atom. The summed E-state index contributed by atoms with van der Waals surface area (Å²) in [7, 11) is 0. The van der Waals surface area contributed by atoms with E-state index in [4.69, 9.17) is 30.5 Å². The number of ketones is 1. The van der Waals surface area contributed by atoms with Crippen LogP contribution >= 0.6 is 11.6 Å². The molecule has 4 rings (SSSR count). The first-order valence-corrected chi connectivity index (χ1v) is 13.7. The number of aliphatic hydroxyl groups is 2. The maximum Gasteiger partial charge on any atom is 0.303 e. The largest absolute Gasteiger partial charge is 0.462 e. The van der Waals surface area contributed by atoms with Crippen molar-refractivity contribution in [3.63, 3.8) is 0 Å². The summed E-state index contributed by atoms with van der Waals surface area (Å²) in [4.78, 5) is 62.7. The zero-order chi connectivity index (χ0) is 30.4. The van der Waals surface area contributed by atoms with Gasteiger partial charge < -0.3 is 29.2 Å². The second-order valence-corrected chi connectivity index (χ2v) is 12.9. The summed E-state index contributed by atoms with van der Waals surface area (Å²) in [6, 6.07) is 0. The van der Waals surface area contributed by atoms with Crippen molar-refractivity contribution >= 4 is 41.3 Å². The Labute approximate surface area is 237 Å². The average molecular weight is 585 g/mol. The van der Waals surface area contributed by atoms with Crippen molar-refractivity contribution in [2.24, 2.45) is 29.1 Å². The highest BCUT2D eigenvalue weighted by atomic mass is 35.5. The molecule has 10 atom stereocenters. The smallest absolute Gasteiger partial charge is 0.303 e. The van der Waals surface area contributed by atoms with Crippen LogP contribution in [-0.4, -0.2) is 80.4 Å². The summed E-state index contributed by atoms with van der Waals surface area (Å²) in [5.74, 6) is -7.83. The first-order chi connectivity index (χ1) is 18.2. The van der Waals surface area contributed by atoms with Gasteiger partial charge in [0.15, 0.2) is 17.0 Å². The van der Waals surface area contributed by atoms with Crippen molar-refractivity contribution in [2.75, 3.05) is 6.61 Å². The van der Waals surface area contributed by atoms with Gasteiger partial charge in [-0.2, -0.15) is 0 Å². The highest BCUT2D eigenvalue weighted by Crippen LogP contribution is 2.78. The fourth-order valence-electron chi connectivity index (χ4n) is 8.29. The summed E-state index contributed by atoms with van der Waals surface area (Å²) < 4.78 is 22.7. The molecule has 222 valence electrons. The van der Waals surface area contributed by atoms with Gasteiger partial charge in [0.25, 0.3) is 0 Å². The van der Waals surface area contributed by atoms with Crippen molar-refractivity contribution in [1.82, 2.24) is 0 Å². The molecule has 0 aromatic rings. The van der Waals surface area contributed by atoms with E-state index in [1.54, 1.807) is 20.8 Å². The minimum Gasteiger partial charge on any atom is -0.462 e. The molecule has 3 fully saturated rings. The van der Waals surface area contributed by atoms with Crippen molar-refractivity contribution in [3.8, 4) is 0 Å². The minimum absolute atomic E-state index is 0.167. The number of carbonyl (C=O) groups is 5. The zero-order valence-corrected chi connectivity index (χ0v) is 24.7. The maximum atomic E-state index is 13.6. The van der Waals surface area contributed by atoms with Crippen LogP contribution in [0.1, 0.15) is 61.8 Å². The highest BCUT2D eigenvalue weighted by Gasteiger charge is 2.90. The molecule has 40 heavy (non-hydrogen) atoms. The summed E-state index contributed by atoms with van der Waals surface area (Å²) in [5, 5.41) is 23.6. The number of ether oxygens (including phenoxy) is 4. The number of hydrogen-bond acceptors (Lipinski definition) is 11. The SMILES string of the molecule is CC(=O)OC[C@]1(OC(C)=O)C[C@]2(O)C(=O)C(C)=C[C@H]2[C@]2(O)[C@H]([C@@H]3C(C)(C)[C@]3(OC(C)=O)[C@H](OC(C)=O)[C@H]2C)[C@@H]1Cl. The predicted molar refractivity (Wildman–Crippen MR) is 138 cm³/mol. The molecule has 0 aromatic carbocycles. The first kappa shape index (κ1) is 30.5. The fraction of sp³-hybridized carbons (Fsp3) is 0.750. The van der Waals surface area contributed by atoms with E-state index >= 15 is 0 Å². The molecule has 0 unspecified atom stereocenters. The van der Waals surface area contributed by atoms with E-state index in [0.29, 0.717) is 0 Å². The third-order valence-electron chi connectivity index (χ3n) is 9.70. The van der Waals surface area contributed by atoms with E-state index in [1.165, 1.54) is 26.8 Å². The number of rotatable bonds is 5. The highest BCUT2D eigenvalue weighted by molar-refractivity contribution is 6.22. The number of Topliss-reactive ketones (excluding diaryl/α,β-unsaturated/α-hetero) is 1. The minimum atomic E-state index is -2.33. The third-order valence-corrected chi connectivity index (χ3v) is 10.4. The second-order valence-electron chi connectivity index (χ2n) is 12.4. The first-order valence-electron chi connectivity index (χ1n) is 13.3. The molecular formula is C28H37ClO11. The lowest BCUT2D eigenvalue weighted by Crippen LogP contribution is -2.67. The van der Waals surface area contributed by atoms with Gasteiger partial charge in [-0.1, -0.05) is 26.8 Å². The molecule has 0 saturated heterocycles. The van der Waals surface area contributed by atoms with Crippen LogP contribution in [-0.2, 0) is 42.9 Å². The van der Waals surface area contributed by atoms with Crippen LogP contribution in [0.3, 0.4) is 0 Å². The third kappa shape index (κ3) is 3.87. The quantitative estimate of drug-likeness (QED) is 0.274. The number of halogens is 1. The van der Waals surface area contributed by atoms with Crippen molar-refractivity contribution in [2.45, 2.75) is 95.7 Å². The monoisotopic (exact) mass is 584 g/mol. The second kappa shape index (κ2) is 9.25. The number of hydrogen-bond donors (Lipinski definition) is 2. The van der Waals surface area contributed by atoms with Gasteiger partial charge in [-0.15, -0.1) is 11.6 Å². The number of alkyl halides is 1. The summed E-state index contributed by atoms with van der Waals surface area (Å²) >= 11 is 7.24. The van der Waals surface area contributed by atoms with Crippen molar-refractivity contribution in [1.29, 1.82) is 0 Å². The number of esters is 4. The summed E-state index contributed by atoms with van der Waals surface area (Å²) in [6.07, 6.45) is -0.303. The molecule has 0 amide bonds. The molecule has 0 heterocycles. The van der Waals surface area contributed by atoms with Crippen LogP contribution in [0, 0.1) is 29.1 Å². The van der Waals surface area contributed by atoms with E-state index in [1.807, 2.05) is 0 Å². The van der Waals surface area contributed by atoms with Gasteiger partial charge in [-0.3, -0.25) is 24.0 Å². The van der Waals surface area contributed by atoms with Crippen molar-refractivity contribution in [3.05, 3.63) is 11.6 Å². The Hall–Kier alpha value is -2.50. The molecule has 0 spiro atoms. The van der Waals surface area contributed by atoms with Gasteiger partial charge in [-0.05, 0) is 12.5 Å². The molecule has 11 nitrogen and oxygen atoms in total. The average Bonchev–Trinajstić information content (AvgIpc) is 3.20. The van der Waals surface area contributed by atoms with Crippen molar-refractivity contribution < 1.29 is 53.1 Å². The lowest BCUT2D eigenvalue weighted by molar-refractivity contribution is -0.232. The fourth-order valence-corrected chi connectivity index (χ4v) is 8.82. The van der Waals surface area contributed by atoms with Gasteiger partial charge >= 0.3 is 23.9 Å². The van der Waals surface area contributed by atoms with Crippen LogP contribution in [0.2, 0.25) is 0 Å². The molecule has 0 aliphatic heterocycles. The van der Waals surface area contributed by atoms with Crippen LogP contribution in [0.15, 0.2) is 11.6 Å². The van der Waals surface area contributed by atoms with Crippen LogP contribution in [0.5, 0.6) is 0 Å². The van der Waals surface area contributed by atoms with E-state index in [9.17, 15) is 34.2 Å². The van der Waals surface area contributed by atoms with E-state index in [-0.39, 0.29) is 5.57 Å². The van der Waals surface area contributed by atoms with Gasteiger partial charge in [0.05, 0.1) is 11.0 Å². The Morgan fingerprint density at radius 2 is 1.57 bits per heavy atom. The van der Waals surface area contributed by atoms with Crippen LogP contribution < -0.4 is 0 Å². The number of carbonyl (C=O) groups excluding carboxylic acids is 5. The molecule has 3 saturated carbocycles. The predicted octanol–water partition coefficient (Wildman–Crippen LogP) is 1.63. The van der Waals surface area contributed by atoms with E-state index in [2.05, 4.69) is 0 Å². The molecule has 2 N–H and O–H groups in total. The molecule has 12 heteroatoms. The molecule has 4 aliphatic rings. The van der Waals surface area contributed by atoms with Gasteiger partial charge in [0.1, 0.15) is 18.3 Å². The number of fused-ring (bicyclic) bond motifs is 5. The lowest BCUT2D eigenvalue weighted by atomic mass is 9.58.